The fraction of sp³-hybridized carbons (Fsp3) is 0.0526. The van der Waals surface area contributed by atoms with Gasteiger partial charge in [-0.25, -0.2) is 4.39 Å². The lowest BCUT2D eigenvalue weighted by Crippen LogP contribution is -1.98. The molecule has 0 bridgehead atoms. The summed E-state index contributed by atoms with van der Waals surface area (Å²) in [6, 6.07) is 19.9. The molecule has 4 heteroatoms. The van der Waals surface area contributed by atoms with Gasteiger partial charge in [0, 0.05) is 22.9 Å². The zero-order valence-corrected chi connectivity index (χ0v) is 13.1. The van der Waals surface area contributed by atoms with Gasteiger partial charge in [0.05, 0.1) is 5.02 Å². The fourth-order valence-electron chi connectivity index (χ4n) is 2.33. The quantitative estimate of drug-likeness (QED) is 0.659. The standard InChI is InChI=1S/C19H15ClFNO/c20-17-8-4-7-16(19(17)21)15-10-9-14(11-18(15)22)23-12-13-5-2-1-3-6-13/h1-11H,12,22H2. The molecular formula is C19H15ClFNO. The topological polar surface area (TPSA) is 35.2 Å². The highest BCUT2D eigenvalue weighted by molar-refractivity contribution is 6.31. The maximum Gasteiger partial charge on any atom is 0.149 e. The molecule has 3 aromatic carbocycles. The molecule has 0 aliphatic rings. The van der Waals surface area contributed by atoms with E-state index in [1.807, 2.05) is 30.3 Å². The first-order valence-corrected chi connectivity index (χ1v) is 7.53. The van der Waals surface area contributed by atoms with Crippen LogP contribution in [0, 0.1) is 5.82 Å². The van der Waals surface area contributed by atoms with E-state index in [1.54, 1.807) is 30.3 Å². The Hall–Kier alpha value is -2.52. The van der Waals surface area contributed by atoms with Crippen molar-refractivity contribution in [3.8, 4) is 16.9 Å². The fourth-order valence-corrected chi connectivity index (χ4v) is 2.50. The average molecular weight is 328 g/mol. The molecular weight excluding hydrogens is 313 g/mol. The largest absolute Gasteiger partial charge is 0.489 e. The van der Waals surface area contributed by atoms with E-state index in [9.17, 15) is 4.39 Å². The minimum Gasteiger partial charge on any atom is -0.489 e. The Morgan fingerprint density at radius 1 is 0.913 bits per heavy atom. The first-order chi connectivity index (χ1) is 11.1. The second-order valence-electron chi connectivity index (χ2n) is 5.12. The summed E-state index contributed by atoms with van der Waals surface area (Å²) >= 11 is 5.82. The molecule has 0 aliphatic carbocycles. The van der Waals surface area contributed by atoms with Crippen molar-refractivity contribution in [1.82, 2.24) is 0 Å². The Bertz CT molecular complexity index is 821. The molecule has 0 heterocycles. The molecule has 0 saturated heterocycles. The Morgan fingerprint density at radius 2 is 1.70 bits per heavy atom. The number of rotatable bonds is 4. The summed E-state index contributed by atoms with van der Waals surface area (Å²) in [5.41, 5.74) is 8.53. The van der Waals surface area contributed by atoms with Gasteiger partial charge in [-0.2, -0.15) is 0 Å². The third-order valence-corrected chi connectivity index (χ3v) is 3.81. The first-order valence-electron chi connectivity index (χ1n) is 7.16. The Balaban J connectivity index is 1.82. The smallest absolute Gasteiger partial charge is 0.149 e. The van der Waals surface area contributed by atoms with Crippen molar-refractivity contribution in [1.29, 1.82) is 0 Å². The molecule has 23 heavy (non-hydrogen) atoms. The van der Waals surface area contributed by atoms with E-state index in [4.69, 9.17) is 22.1 Å². The average Bonchev–Trinajstić information content (AvgIpc) is 2.57. The third-order valence-electron chi connectivity index (χ3n) is 3.51. The van der Waals surface area contributed by atoms with E-state index in [-0.39, 0.29) is 5.02 Å². The van der Waals surface area contributed by atoms with Crippen molar-refractivity contribution in [2.24, 2.45) is 0 Å². The van der Waals surface area contributed by atoms with E-state index >= 15 is 0 Å². The number of benzene rings is 3. The molecule has 3 rings (SSSR count). The van der Waals surface area contributed by atoms with Crippen molar-refractivity contribution in [2.75, 3.05) is 5.73 Å². The predicted molar refractivity (Wildman–Crippen MR) is 92.0 cm³/mol. The highest BCUT2D eigenvalue weighted by Crippen LogP contribution is 2.33. The van der Waals surface area contributed by atoms with E-state index in [2.05, 4.69) is 0 Å². The van der Waals surface area contributed by atoms with Crippen LogP contribution in [0.15, 0.2) is 66.7 Å². The number of nitrogen functional groups attached to an aromatic ring is 1. The normalized spacial score (nSPS) is 10.5. The summed E-state index contributed by atoms with van der Waals surface area (Å²) in [7, 11) is 0. The third kappa shape index (κ3) is 3.46. The number of hydrogen-bond donors (Lipinski definition) is 1. The number of nitrogens with two attached hydrogens (primary N) is 1. The van der Waals surface area contributed by atoms with Crippen LogP contribution in [0.1, 0.15) is 5.56 Å². The van der Waals surface area contributed by atoms with Crippen molar-refractivity contribution in [3.05, 3.63) is 83.1 Å². The molecule has 0 amide bonds. The lowest BCUT2D eigenvalue weighted by molar-refractivity contribution is 0.306. The lowest BCUT2D eigenvalue weighted by Gasteiger charge is -2.11. The van der Waals surface area contributed by atoms with E-state index < -0.39 is 5.82 Å². The monoisotopic (exact) mass is 327 g/mol. The van der Waals surface area contributed by atoms with Crippen LogP contribution in [-0.2, 0) is 6.61 Å². The SMILES string of the molecule is Nc1cc(OCc2ccccc2)ccc1-c1cccc(Cl)c1F. The molecule has 0 aliphatic heterocycles. The maximum absolute atomic E-state index is 14.1. The minimum atomic E-state index is -0.473. The second kappa shape index (κ2) is 6.71. The van der Waals surface area contributed by atoms with Crippen molar-refractivity contribution in [2.45, 2.75) is 6.61 Å². The molecule has 116 valence electrons. The van der Waals surface area contributed by atoms with Gasteiger partial charge >= 0.3 is 0 Å². The molecule has 0 unspecified atom stereocenters. The summed E-state index contributed by atoms with van der Waals surface area (Å²) in [5.74, 6) is 0.163. The molecule has 0 atom stereocenters. The van der Waals surface area contributed by atoms with Crippen molar-refractivity contribution < 1.29 is 9.13 Å². The van der Waals surface area contributed by atoms with Crippen LogP contribution < -0.4 is 10.5 Å². The molecule has 2 nitrogen and oxygen atoms in total. The first kappa shape index (κ1) is 15.4. The van der Waals surface area contributed by atoms with E-state index in [0.717, 1.165) is 5.56 Å². The summed E-state index contributed by atoms with van der Waals surface area (Å²) in [5, 5.41) is 0.0753. The van der Waals surface area contributed by atoms with Crippen molar-refractivity contribution >= 4 is 17.3 Å². The number of anilines is 1. The zero-order chi connectivity index (χ0) is 16.2. The van der Waals surface area contributed by atoms with Gasteiger partial charge in [-0.1, -0.05) is 54.1 Å². The summed E-state index contributed by atoms with van der Waals surface area (Å²) in [6.07, 6.45) is 0. The molecule has 0 fully saturated rings. The van der Waals surface area contributed by atoms with Gasteiger partial charge in [0.25, 0.3) is 0 Å². The van der Waals surface area contributed by atoms with Crippen LogP contribution >= 0.6 is 11.6 Å². The van der Waals surface area contributed by atoms with Crippen LogP contribution in [0.5, 0.6) is 5.75 Å². The summed E-state index contributed by atoms with van der Waals surface area (Å²) < 4.78 is 19.8. The second-order valence-corrected chi connectivity index (χ2v) is 5.53. The molecule has 3 aromatic rings. The van der Waals surface area contributed by atoms with Gasteiger partial charge in [-0.05, 0) is 23.8 Å². The Kier molecular flexibility index (Phi) is 4.49. The number of ether oxygens (including phenoxy) is 1. The van der Waals surface area contributed by atoms with Gasteiger partial charge in [-0.15, -0.1) is 0 Å². The van der Waals surface area contributed by atoms with Gasteiger partial charge in [0.15, 0.2) is 0 Å². The Labute approximate surface area is 139 Å². The Morgan fingerprint density at radius 3 is 2.43 bits per heavy atom. The summed E-state index contributed by atoms with van der Waals surface area (Å²) in [6.45, 7) is 0.450. The molecule has 0 saturated carbocycles. The lowest BCUT2D eigenvalue weighted by atomic mass is 10.0. The zero-order valence-electron chi connectivity index (χ0n) is 12.3. The van der Waals surface area contributed by atoms with E-state index in [1.165, 1.54) is 6.07 Å². The highest BCUT2D eigenvalue weighted by Gasteiger charge is 2.11. The summed E-state index contributed by atoms with van der Waals surface area (Å²) in [4.78, 5) is 0. The highest BCUT2D eigenvalue weighted by atomic mass is 35.5. The molecule has 0 radical (unpaired) electrons. The van der Waals surface area contributed by atoms with Crippen LogP contribution in [0.25, 0.3) is 11.1 Å². The molecule has 2 N–H and O–H groups in total. The van der Waals surface area contributed by atoms with Gasteiger partial charge in [0.1, 0.15) is 18.2 Å². The van der Waals surface area contributed by atoms with Gasteiger partial charge < -0.3 is 10.5 Å². The predicted octanol–water partition coefficient (Wildman–Crippen LogP) is 5.31. The molecule has 0 aromatic heterocycles. The van der Waals surface area contributed by atoms with Crippen LogP contribution in [0.4, 0.5) is 10.1 Å². The van der Waals surface area contributed by atoms with Crippen LogP contribution in [0.3, 0.4) is 0 Å². The minimum absolute atomic E-state index is 0.0753. The number of hydrogen-bond acceptors (Lipinski definition) is 2. The van der Waals surface area contributed by atoms with E-state index in [0.29, 0.717) is 29.2 Å². The van der Waals surface area contributed by atoms with Gasteiger partial charge in [-0.3, -0.25) is 0 Å². The number of halogens is 2. The van der Waals surface area contributed by atoms with Crippen LogP contribution in [0.2, 0.25) is 5.02 Å². The van der Waals surface area contributed by atoms with Crippen molar-refractivity contribution in [3.63, 3.8) is 0 Å². The van der Waals surface area contributed by atoms with Crippen LogP contribution in [-0.4, -0.2) is 0 Å². The maximum atomic E-state index is 14.1. The van der Waals surface area contributed by atoms with Gasteiger partial charge in [0.2, 0.25) is 0 Å². The molecule has 0 spiro atoms.